The molecule has 0 rings (SSSR count). The fourth-order valence-corrected chi connectivity index (χ4v) is 7.16. The van der Waals surface area contributed by atoms with Crippen LogP contribution in [0, 0.1) is 0 Å². The molecule has 0 fully saturated rings. The molecule has 0 aromatic heterocycles. The van der Waals surface area contributed by atoms with E-state index < -0.39 is 13.9 Å². The second-order valence-electron chi connectivity index (χ2n) is 16.4. The first-order valence-corrected chi connectivity index (χ1v) is 23.7. The van der Waals surface area contributed by atoms with Crippen molar-refractivity contribution in [3.63, 3.8) is 0 Å². The maximum absolute atomic E-state index is 12.6. The first kappa shape index (κ1) is 51.5. The van der Waals surface area contributed by atoms with Crippen LogP contribution in [0.15, 0.2) is 0 Å². The molecule has 52 heavy (non-hydrogen) atoms. The van der Waals surface area contributed by atoms with Crippen molar-refractivity contribution in [2.45, 2.75) is 219 Å². The van der Waals surface area contributed by atoms with Gasteiger partial charge in [-0.25, -0.2) is 0 Å². The Bertz CT molecular complexity index is 807. The van der Waals surface area contributed by atoms with Crippen LogP contribution in [0.4, 0.5) is 0 Å². The van der Waals surface area contributed by atoms with E-state index in [-0.39, 0.29) is 25.8 Å². The highest BCUT2D eigenvalue weighted by atomic mass is 31.2. The van der Waals surface area contributed by atoms with Crippen molar-refractivity contribution in [1.29, 1.82) is 0 Å². The first-order chi connectivity index (χ1) is 25.1. The highest BCUT2D eigenvalue weighted by molar-refractivity contribution is 7.45. The van der Waals surface area contributed by atoms with Crippen LogP contribution in [0.2, 0.25) is 0 Å². The summed E-state index contributed by atoms with van der Waals surface area (Å²) in [5.41, 5.74) is 0. The molecule has 0 radical (unpaired) electrons. The van der Waals surface area contributed by atoms with Crippen molar-refractivity contribution in [2.75, 3.05) is 54.1 Å². The lowest BCUT2D eigenvalue weighted by Crippen LogP contribution is -2.37. The molecule has 0 aliphatic heterocycles. The number of ether oxygens (including phenoxy) is 2. The number of nitrogens with zero attached hydrogens (tertiary/aromatic N) is 1. The Hall–Kier alpha value is -0.500. The van der Waals surface area contributed by atoms with E-state index in [0.717, 1.165) is 32.1 Å². The quantitative estimate of drug-likeness (QED) is 0.0264. The number of hydrogen-bond donors (Lipinski definition) is 0. The Balaban J connectivity index is 4.11. The zero-order valence-electron chi connectivity index (χ0n) is 35.3. The molecule has 2 atom stereocenters. The first-order valence-electron chi connectivity index (χ1n) is 22.3. The molecule has 0 saturated carbocycles. The Morgan fingerprint density at radius 2 is 0.885 bits per heavy atom. The summed E-state index contributed by atoms with van der Waals surface area (Å²) in [5, 5.41) is 0. The van der Waals surface area contributed by atoms with Gasteiger partial charge in [0.25, 0.3) is 7.82 Å². The maximum Gasteiger partial charge on any atom is 0.306 e. The van der Waals surface area contributed by atoms with E-state index in [4.69, 9.17) is 18.5 Å². The average molecular weight is 762 g/mol. The number of carbonyl (C=O) groups is 1. The molecule has 0 saturated heterocycles. The Morgan fingerprint density at radius 3 is 1.27 bits per heavy atom. The van der Waals surface area contributed by atoms with Crippen LogP contribution in [0.1, 0.15) is 213 Å². The molecule has 0 aliphatic rings. The summed E-state index contributed by atoms with van der Waals surface area (Å²) in [6, 6.07) is 0. The number of phosphoric acid groups is 1. The van der Waals surface area contributed by atoms with Crippen molar-refractivity contribution < 1.29 is 37.3 Å². The summed E-state index contributed by atoms with van der Waals surface area (Å²) in [6.07, 6.45) is 38.3. The van der Waals surface area contributed by atoms with Crippen LogP contribution in [-0.2, 0) is 27.9 Å². The predicted octanol–water partition coefficient (Wildman–Crippen LogP) is 12.3. The number of carbonyl (C=O) groups excluding carboxylic acids is 1. The summed E-state index contributed by atoms with van der Waals surface area (Å²) >= 11 is 0. The molecule has 0 spiro atoms. The number of rotatable bonds is 42. The van der Waals surface area contributed by atoms with Gasteiger partial charge in [-0.15, -0.1) is 0 Å². The zero-order chi connectivity index (χ0) is 38.4. The minimum Gasteiger partial charge on any atom is -0.756 e. The van der Waals surface area contributed by atoms with Crippen LogP contribution in [0.25, 0.3) is 0 Å². The number of unbranched alkanes of at least 4 members (excludes halogenated alkanes) is 28. The second-order valence-corrected chi connectivity index (χ2v) is 17.8. The fraction of sp³-hybridized carbons (Fsp3) is 0.977. The third kappa shape index (κ3) is 40.7. The van der Waals surface area contributed by atoms with Gasteiger partial charge in [-0.2, -0.15) is 0 Å². The van der Waals surface area contributed by atoms with E-state index in [2.05, 4.69) is 13.8 Å². The average Bonchev–Trinajstić information content (AvgIpc) is 3.09. The van der Waals surface area contributed by atoms with E-state index in [1.54, 1.807) is 0 Å². The van der Waals surface area contributed by atoms with E-state index in [9.17, 15) is 14.3 Å². The SMILES string of the molecule is CCCCCCCCCCCCCCCCCCCCCOCC(COP(=O)([O-])OCC[N+](C)(C)C)OC(=O)CCCCCCCCCCCCC. The van der Waals surface area contributed by atoms with Gasteiger partial charge in [-0.1, -0.05) is 194 Å². The van der Waals surface area contributed by atoms with Gasteiger partial charge in [0, 0.05) is 13.0 Å². The van der Waals surface area contributed by atoms with Gasteiger partial charge in [-0.3, -0.25) is 9.36 Å². The van der Waals surface area contributed by atoms with Gasteiger partial charge >= 0.3 is 5.97 Å². The molecule has 0 aliphatic carbocycles. The Kier molecular flexibility index (Phi) is 37.1. The van der Waals surface area contributed by atoms with Gasteiger partial charge in [0.2, 0.25) is 0 Å². The van der Waals surface area contributed by atoms with Crippen LogP contribution in [-0.4, -0.2) is 70.7 Å². The molecule has 0 N–H and O–H groups in total. The lowest BCUT2D eigenvalue weighted by molar-refractivity contribution is -0.870. The fourth-order valence-electron chi connectivity index (χ4n) is 6.43. The van der Waals surface area contributed by atoms with Crippen LogP contribution in [0.3, 0.4) is 0 Å². The topological polar surface area (TPSA) is 94.1 Å². The predicted molar refractivity (Wildman–Crippen MR) is 218 cm³/mol. The molecular formula is C43H88NO7P. The summed E-state index contributed by atoms with van der Waals surface area (Å²) < 4.78 is 34.6. The molecular weight excluding hydrogens is 673 g/mol. The monoisotopic (exact) mass is 762 g/mol. The Morgan fingerprint density at radius 1 is 0.519 bits per heavy atom. The standard InChI is InChI=1S/C43H88NO7P/c1-6-8-10-12-14-16-18-19-20-21-22-23-24-25-27-29-31-33-35-38-48-40-42(41-50-52(46,47)49-39-37-44(3,4)5)51-43(45)36-34-32-30-28-26-17-15-13-11-9-7-2/h42H,6-41H2,1-5H3. The summed E-state index contributed by atoms with van der Waals surface area (Å²) in [7, 11) is 1.37. The minimum atomic E-state index is -4.51. The third-order valence-electron chi connectivity index (χ3n) is 9.91. The molecule has 0 aromatic rings. The maximum atomic E-state index is 12.6. The molecule has 0 aromatic carbocycles. The Labute approximate surface area is 323 Å². The summed E-state index contributed by atoms with van der Waals surface area (Å²) in [5.74, 6) is -0.330. The van der Waals surface area contributed by atoms with E-state index in [1.807, 2.05) is 21.1 Å². The van der Waals surface area contributed by atoms with Gasteiger partial charge in [-0.05, 0) is 12.8 Å². The molecule has 312 valence electrons. The molecule has 8 nitrogen and oxygen atoms in total. The van der Waals surface area contributed by atoms with Gasteiger partial charge in [0.15, 0.2) is 0 Å². The van der Waals surface area contributed by atoms with Crippen molar-refractivity contribution in [3.8, 4) is 0 Å². The van der Waals surface area contributed by atoms with Crippen molar-refractivity contribution >= 4 is 13.8 Å². The summed E-state index contributed by atoms with van der Waals surface area (Å²) in [4.78, 5) is 25.0. The molecule has 9 heteroatoms. The highest BCUT2D eigenvalue weighted by Gasteiger charge is 2.20. The number of likely N-dealkylation sites (N-methyl/N-ethyl adjacent to an activating group) is 1. The molecule has 0 bridgehead atoms. The van der Waals surface area contributed by atoms with Gasteiger partial charge in [0.1, 0.15) is 19.3 Å². The smallest absolute Gasteiger partial charge is 0.306 e. The number of hydrogen-bond acceptors (Lipinski definition) is 7. The highest BCUT2D eigenvalue weighted by Crippen LogP contribution is 2.38. The number of esters is 1. The van der Waals surface area contributed by atoms with Crippen molar-refractivity contribution in [2.24, 2.45) is 0 Å². The summed E-state index contributed by atoms with van der Waals surface area (Å²) in [6.45, 7) is 5.46. The minimum absolute atomic E-state index is 0.0312. The molecule has 2 unspecified atom stereocenters. The van der Waals surface area contributed by atoms with Crippen LogP contribution < -0.4 is 4.89 Å². The second kappa shape index (κ2) is 37.4. The number of phosphoric ester groups is 1. The van der Waals surface area contributed by atoms with E-state index in [0.29, 0.717) is 24.1 Å². The molecule has 0 heterocycles. The van der Waals surface area contributed by atoms with E-state index in [1.165, 1.54) is 161 Å². The lowest BCUT2D eigenvalue weighted by Gasteiger charge is -2.28. The van der Waals surface area contributed by atoms with Gasteiger partial charge in [0.05, 0.1) is 34.4 Å². The van der Waals surface area contributed by atoms with Crippen molar-refractivity contribution in [3.05, 3.63) is 0 Å². The van der Waals surface area contributed by atoms with Crippen molar-refractivity contribution in [1.82, 2.24) is 0 Å². The van der Waals surface area contributed by atoms with Crippen LogP contribution >= 0.6 is 7.82 Å². The van der Waals surface area contributed by atoms with E-state index >= 15 is 0 Å². The molecule has 0 amide bonds. The number of quaternary nitrogens is 1. The van der Waals surface area contributed by atoms with Gasteiger partial charge < -0.3 is 27.9 Å². The third-order valence-corrected chi connectivity index (χ3v) is 10.9. The normalized spacial score (nSPS) is 13.7. The largest absolute Gasteiger partial charge is 0.756 e. The lowest BCUT2D eigenvalue weighted by atomic mass is 10.0. The van der Waals surface area contributed by atoms with Crippen LogP contribution in [0.5, 0.6) is 0 Å². The zero-order valence-corrected chi connectivity index (χ0v) is 36.2.